The Morgan fingerprint density at radius 3 is 2.72 bits per heavy atom. The van der Waals surface area contributed by atoms with E-state index in [4.69, 9.17) is 0 Å². The number of hydrogen-bond acceptors (Lipinski definition) is 5. The number of benzene rings is 2. The van der Waals surface area contributed by atoms with Crippen LogP contribution in [0.25, 0.3) is 17.0 Å². The third kappa shape index (κ3) is 4.04. The molecule has 29 heavy (non-hydrogen) atoms. The molecule has 0 aliphatic heterocycles. The lowest BCUT2D eigenvalue weighted by Crippen LogP contribution is -2.15. The topological polar surface area (TPSA) is 92.2 Å². The first-order valence-electron chi connectivity index (χ1n) is 8.74. The van der Waals surface area contributed by atoms with Crippen LogP contribution in [0, 0.1) is 12.7 Å². The van der Waals surface area contributed by atoms with Crippen LogP contribution in [0.3, 0.4) is 0 Å². The van der Waals surface area contributed by atoms with Crippen molar-refractivity contribution in [2.75, 3.05) is 11.1 Å². The van der Waals surface area contributed by atoms with Crippen LogP contribution < -0.4 is 10.9 Å². The normalized spacial score (nSPS) is 11.0. The highest BCUT2D eigenvalue weighted by Gasteiger charge is 2.15. The third-order valence-electron chi connectivity index (χ3n) is 4.19. The van der Waals surface area contributed by atoms with Gasteiger partial charge in [-0.2, -0.15) is 0 Å². The van der Waals surface area contributed by atoms with Crippen molar-refractivity contribution in [3.05, 3.63) is 76.3 Å². The number of aromatic amines is 1. The molecule has 0 spiro atoms. The summed E-state index contributed by atoms with van der Waals surface area (Å²) in [7, 11) is 0. The number of aromatic nitrogens is 4. The minimum absolute atomic E-state index is 0.0529. The fourth-order valence-corrected chi connectivity index (χ4v) is 3.52. The zero-order chi connectivity index (χ0) is 20.4. The van der Waals surface area contributed by atoms with E-state index in [9.17, 15) is 14.0 Å². The molecule has 4 rings (SSSR count). The molecule has 0 aliphatic rings. The number of aryl methyl sites for hydroxylation is 1. The van der Waals surface area contributed by atoms with Crippen molar-refractivity contribution in [3.8, 4) is 11.4 Å². The molecule has 0 unspecified atom stereocenters. The van der Waals surface area contributed by atoms with Crippen LogP contribution in [0.1, 0.15) is 5.56 Å². The number of rotatable bonds is 5. The number of fused-ring (bicyclic) bond motifs is 1. The van der Waals surface area contributed by atoms with Gasteiger partial charge in [0.25, 0.3) is 5.56 Å². The molecule has 0 fully saturated rings. The first kappa shape index (κ1) is 18.9. The van der Waals surface area contributed by atoms with Crippen molar-refractivity contribution in [3.63, 3.8) is 0 Å². The lowest BCUT2D eigenvalue weighted by atomic mass is 10.2. The number of amides is 1. The quantitative estimate of drug-likeness (QED) is 0.494. The van der Waals surface area contributed by atoms with Crippen molar-refractivity contribution in [1.29, 1.82) is 0 Å². The van der Waals surface area contributed by atoms with Crippen LogP contribution in [-0.4, -0.2) is 31.2 Å². The molecule has 146 valence electrons. The van der Waals surface area contributed by atoms with Crippen LogP contribution >= 0.6 is 11.8 Å². The SMILES string of the molecule is Cc1ccccc1NC(=O)CSc1nc(-c2ccccc2F)nc2cc(=O)[nH]n12. The Morgan fingerprint density at radius 2 is 1.93 bits per heavy atom. The monoisotopic (exact) mass is 409 g/mol. The molecule has 2 aromatic heterocycles. The summed E-state index contributed by atoms with van der Waals surface area (Å²) in [6.07, 6.45) is 0. The molecule has 0 saturated heterocycles. The van der Waals surface area contributed by atoms with Gasteiger partial charge in [0.1, 0.15) is 5.82 Å². The highest BCUT2D eigenvalue weighted by Crippen LogP contribution is 2.23. The van der Waals surface area contributed by atoms with E-state index in [0.29, 0.717) is 10.8 Å². The Morgan fingerprint density at radius 1 is 1.17 bits per heavy atom. The summed E-state index contributed by atoms with van der Waals surface area (Å²) >= 11 is 1.12. The van der Waals surface area contributed by atoms with E-state index in [1.165, 1.54) is 16.6 Å². The number of para-hydroxylation sites is 1. The van der Waals surface area contributed by atoms with Crippen molar-refractivity contribution in [1.82, 2.24) is 19.6 Å². The molecule has 0 bridgehead atoms. The minimum atomic E-state index is -0.469. The van der Waals surface area contributed by atoms with Gasteiger partial charge in [-0.25, -0.2) is 18.9 Å². The molecule has 2 N–H and O–H groups in total. The Kier molecular flexibility index (Phi) is 5.13. The van der Waals surface area contributed by atoms with Crippen LogP contribution in [0.5, 0.6) is 0 Å². The molecule has 4 aromatic rings. The van der Waals surface area contributed by atoms with E-state index in [2.05, 4.69) is 20.4 Å². The summed E-state index contributed by atoms with van der Waals surface area (Å²) < 4.78 is 15.6. The highest BCUT2D eigenvalue weighted by molar-refractivity contribution is 7.99. The number of hydrogen-bond donors (Lipinski definition) is 2. The first-order chi connectivity index (χ1) is 14.0. The third-order valence-corrected chi connectivity index (χ3v) is 5.13. The maximum Gasteiger partial charge on any atom is 0.266 e. The van der Waals surface area contributed by atoms with Gasteiger partial charge in [-0.1, -0.05) is 42.1 Å². The Hall–Kier alpha value is -3.46. The van der Waals surface area contributed by atoms with E-state index in [1.54, 1.807) is 18.2 Å². The summed E-state index contributed by atoms with van der Waals surface area (Å²) in [5.41, 5.74) is 1.83. The van der Waals surface area contributed by atoms with Crippen molar-refractivity contribution in [2.24, 2.45) is 0 Å². The van der Waals surface area contributed by atoms with Crippen molar-refractivity contribution >= 4 is 29.0 Å². The Labute approximate surface area is 169 Å². The summed E-state index contributed by atoms with van der Waals surface area (Å²) in [5.74, 6) is -0.498. The molecular formula is C20H16FN5O2S. The molecule has 9 heteroatoms. The van der Waals surface area contributed by atoms with Gasteiger partial charge in [-0.05, 0) is 30.7 Å². The van der Waals surface area contributed by atoms with Crippen molar-refractivity contribution < 1.29 is 9.18 Å². The van der Waals surface area contributed by atoms with Gasteiger partial charge in [0, 0.05) is 11.8 Å². The molecule has 0 saturated carbocycles. The maximum atomic E-state index is 14.2. The molecule has 0 aliphatic carbocycles. The second kappa shape index (κ2) is 7.88. The van der Waals surface area contributed by atoms with Gasteiger partial charge in [-0.15, -0.1) is 0 Å². The average molecular weight is 409 g/mol. The number of nitrogens with one attached hydrogen (secondary N) is 2. The first-order valence-corrected chi connectivity index (χ1v) is 9.73. The van der Waals surface area contributed by atoms with E-state index in [0.717, 1.165) is 23.0 Å². The van der Waals surface area contributed by atoms with Crippen molar-refractivity contribution in [2.45, 2.75) is 12.1 Å². The molecule has 2 heterocycles. The van der Waals surface area contributed by atoms with Gasteiger partial charge in [0.05, 0.1) is 11.3 Å². The van der Waals surface area contributed by atoms with Gasteiger partial charge in [-0.3, -0.25) is 14.7 Å². The lowest BCUT2D eigenvalue weighted by molar-refractivity contribution is -0.113. The van der Waals surface area contributed by atoms with E-state index in [1.807, 2.05) is 31.2 Å². The zero-order valence-electron chi connectivity index (χ0n) is 15.3. The highest BCUT2D eigenvalue weighted by atomic mass is 32.2. The molecule has 2 aromatic carbocycles. The number of carbonyl (C=O) groups excluding carboxylic acids is 1. The van der Waals surface area contributed by atoms with Gasteiger partial charge in [0.15, 0.2) is 16.6 Å². The number of anilines is 1. The van der Waals surface area contributed by atoms with Crippen LogP contribution in [0.15, 0.2) is 64.5 Å². The molecule has 0 atom stereocenters. The average Bonchev–Trinajstić information content (AvgIpc) is 3.08. The zero-order valence-corrected chi connectivity index (χ0v) is 16.2. The smallest absolute Gasteiger partial charge is 0.266 e. The molecule has 1 amide bonds. The second-order valence-corrected chi connectivity index (χ2v) is 7.22. The largest absolute Gasteiger partial charge is 0.325 e. The number of thioether (sulfide) groups is 1. The Balaban J connectivity index is 1.62. The van der Waals surface area contributed by atoms with Crippen LogP contribution in [0.4, 0.5) is 10.1 Å². The maximum absolute atomic E-state index is 14.2. The van der Waals surface area contributed by atoms with E-state index in [-0.39, 0.29) is 28.6 Å². The van der Waals surface area contributed by atoms with E-state index >= 15 is 0 Å². The fraction of sp³-hybridized carbons (Fsp3) is 0.100. The van der Waals surface area contributed by atoms with E-state index < -0.39 is 5.82 Å². The number of H-pyrrole nitrogens is 1. The number of nitrogens with zero attached hydrogens (tertiary/aromatic N) is 3. The predicted molar refractivity (Wildman–Crippen MR) is 110 cm³/mol. The fourth-order valence-electron chi connectivity index (χ4n) is 2.77. The summed E-state index contributed by atoms with van der Waals surface area (Å²) in [5, 5.41) is 5.77. The predicted octanol–water partition coefficient (Wildman–Crippen LogP) is 3.26. The number of carbonyl (C=O) groups is 1. The van der Waals surface area contributed by atoms with Gasteiger partial charge < -0.3 is 5.32 Å². The molecule has 0 radical (unpaired) electrons. The van der Waals surface area contributed by atoms with Crippen LogP contribution in [0.2, 0.25) is 0 Å². The summed E-state index contributed by atoms with van der Waals surface area (Å²) in [6.45, 7) is 1.90. The molecule has 7 nitrogen and oxygen atoms in total. The lowest BCUT2D eigenvalue weighted by Gasteiger charge is -2.09. The second-order valence-electron chi connectivity index (χ2n) is 6.28. The Bertz CT molecular complexity index is 1270. The molecular weight excluding hydrogens is 393 g/mol. The van der Waals surface area contributed by atoms with Gasteiger partial charge in [0.2, 0.25) is 5.91 Å². The minimum Gasteiger partial charge on any atom is -0.325 e. The van der Waals surface area contributed by atoms with Crippen LogP contribution in [-0.2, 0) is 4.79 Å². The summed E-state index contributed by atoms with van der Waals surface area (Å²) in [6, 6.07) is 14.9. The number of halogens is 1. The van der Waals surface area contributed by atoms with Gasteiger partial charge >= 0.3 is 0 Å². The standard InChI is InChI=1S/C20H16FN5O2S/c1-12-6-2-5-9-15(12)22-18(28)11-29-20-24-19(13-7-3-4-8-14(13)21)23-16-10-17(27)25-26(16)20/h2-10H,11H2,1H3,(H,22,28)(H,25,27). The summed E-state index contributed by atoms with van der Waals surface area (Å²) in [4.78, 5) is 32.8.